The van der Waals surface area contributed by atoms with Crippen LogP contribution in [0.25, 0.3) is 0 Å². The van der Waals surface area contributed by atoms with Crippen molar-refractivity contribution in [3.05, 3.63) is 59.7 Å². The highest BCUT2D eigenvalue weighted by atomic mass is 16.2. The number of benzene rings is 2. The molecule has 0 bridgehead atoms. The van der Waals surface area contributed by atoms with Gasteiger partial charge in [-0.1, -0.05) is 30.3 Å². The van der Waals surface area contributed by atoms with Gasteiger partial charge in [0.1, 0.15) is 0 Å². The van der Waals surface area contributed by atoms with Crippen molar-refractivity contribution in [2.24, 2.45) is 0 Å². The smallest absolute Gasteiger partial charge is 0.319 e. The zero-order chi connectivity index (χ0) is 23.0. The van der Waals surface area contributed by atoms with Crippen molar-refractivity contribution in [1.82, 2.24) is 15.5 Å². The van der Waals surface area contributed by atoms with Gasteiger partial charge in [0.25, 0.3) is 0 Å². The van der Waals surface area contributed by atoms with Gasteiger partial charge in [-0.15, -0.1) is 0 Å². The van der Waals surface area contributed by atoms with Crippen LogP contribution in [0.2, 0.25) is 0 Å². The van der Waals surface area contributed by atoms with Gasteiger partial charge in [-0.2, -0.15) is 0 Å². The number of carbonyl (C=O) groups is 2. The van der Waals surface area contributed by atoms with E-state index in [1.54, 1.807) is 0 Å². The molecule has 0 aliphatic heterocycles. The normalized spacial score (nSPS) is 11.6. The molecule has 0 aliphatic carbocycles. The number of hydrogen-bond donors (Lipinski definition) is 3. The van der Waals surface area contributed by atoms with E-state index in [1.165, 1.54) is 0 Å². The quantitative estimate of drug-likeness (QED) is 0.580. The molecule has 4 amide bonds. The number of amides is 4. The minimum Gasteiger partial charge on any atom is -0.377 e. The molecule has 168 valence electrons. The molecular weight excluding hydrogens is 390 g/mol. The second-order valence-electron chi connectivity index (χ2n) is 8.04. The largest absolute Gasteiger partial charge is 0.377 e. The first kappa shape index (κ1) is 24.1. The molecular formula is C24H35N5O2. The second kappa shape index (κ2) is 11.2. The summed E-state index contributed by atoms with van der Waals surface area (Å²) in [6.45, 7) is 8.71. The summed E-state index contributed by atoms with van der Waals surface area (Å²) in [5.74, 6) is 0. The van der Waals surface area contributed by atoms with Gasteiger partial charge in [0.05, 0.1) is 12.6 Å². The molecule has 0 heterocycles. The Labute approximate surface area is 185 Å². The lowest BCUT2D eigenvalue weighted by Crippen LogP contribution is -2.41. The van der Waals surface area contributed by atoms with Gasteiger partial charge in [0, 0.05) is 38.1 Å². The topological polar surface area (TPSA) is 76.7 Å². The SMILES string of the molecule is CCNC(=O)N(Cc1cc(NC(=O)NC(C)C)ccc1N(C)C)C(C)c1ccccc1. The first-order valence-electron chi connectivity index (χ1n) is 10.7. The van der Waals surface area contributed by atoms with E-state index in [-0.39, 0.29) is 24.1 Å². The predicted molar refractivity (Wildman–Crippen MR) is 128 cm³/mol. The third kappa shape index (κ3) is 6.91. The van der Waals surface area contributed by atoms with Crippen LogP contribution in [0.15, 0.2) is 48.5 Å². The summed E-state index contributed by atoms with van der Waals surface area (Å²) in [4.78, 5) is 28.9. The van der Waals surface area contributed by atoms with Gasteiger partial charge in [-0.25, -0.2) is 9.59 Å². The van der Waals surface area contributed by atoms with E-state index in [9.17, 15) is 9.59 Å². The Balaban J connectivity index is 2.37. The van der Waals surface area contributed by atoms with Crippen LogP contribution in [0, 0.1) is 0 Å². The highest BCUT2D eigenvalue weighted by Gasteiger charge is 2.23. The minimum atomic E-state index is -0.253. The zero-order valence-corrected chi connectivity index (χ0v) is 19.4. The summed E-state index contributed by atoms with van der Waals surface area (Å²) in [6.07, 6.45) is 0. The fourth-order valence-corrected chi connectivity index (χ4v) is 3.39. The van der Waals surface area contributed by atoms with E-state index in [2.05, 4.69) is 16.0 Å². The van der Waals surface area contributed by atoms with Gasteiger partial charge in [-0.3, -0.25) is 0 Å². The Bertz CT molecular complexity index is 868. The van der Waals surface area contributed by atoms with E-state index in [4.69, 9.17) is 0 Å². The molecule has 0 radical (unpaired) electrons. The van der Waals surface area contributed by atoms with Crippen molar-refractivity contribution in [1.29, 1.82) is 0 Å². The van der Waals surface area contributed by atoms with E-state index >= 15 is 0 Å². The average Bonchev–Trinajstić information content (AvgIpc) is 2.71. The first-order valence-corrected chi connectivity index (χ1v) is 10.7. The Morgan fingerprint density at radius 2 is 1.68 bits per heavy atom. The highest BCUT2D eigenvalue weighted by molar-refractivity contribution is 5.90. The molecule has 0 fully saturated rings. The van der Waals surface area contributed by atoms with E-state index < -0.39 is 0 Å². The fourth-order valence-electron chi connectivity index (χ4n) is 3.39. The van der Waals surface area contributed by atoms with Crippen LogP contribution in [0.1, 0.15) is 44.9 Å². The molecule has 7 heteroatoms. The Morgan fingerprint density at radius 3 is 2.26 bits per heavy atom. The molecule has 0 spiro atoms. The molecule has 7 nitrogen and oxygen atoms in total. The number of carbonyl (C=O) groups excluding carboxylic acids is 2. The van der Waals surface area contributed by atoms with Crippen LogP contribution in [0.5, 0.6) is 0 Å². The number of urea groups is 2. The molecule has 2 rings (SSSR count). The molecule has 2 aromatic rings. The Morgan fingerprint density at radius 1 is 1.00 bits per heavy atom. The van der Waals surface area contributed by atoms with Crippen molar-refractivity contribution in [3.8, 4) is 0 Å². The van der Waals surface area contributed by atoms with E-state index in [1.807, 2.05) is 100 Å². The van der Waals surface area contributed by atoms with Crippen LogP contribution in [0.4, 0.5) is 21.0 Å². The Hall–Kier alpha value is -3.22. The monoisotopic (exact) mass is 425 g/mol. The van der Waals surface area contributed by atoms with Crippen molar-refractivity contribution in [2.45, 2.75) is 46.3 Å². The lowest BCUT2D eigenvalue weighted by atomic mass is 10.0. The van der Waals surface area contributed by atoms with Crippen molar-refractivity contribution in [3.63, 3.8) is 0 Å². The van der Waals surface area contributed by atoms with Gasteiger partial charge in [-0.05, 0) is 57.0 Å². The molecule has 1 atom stereocenters. The van der Waals surface area contributed by atoms with Crippen LogP contribution >= 0.6 is 0 Å². The molecule has 0 saturated carbocycles. The maximum atomic E-state index is 12.9. The van der Waals surface area contributed by atoms with Gasteiger partial charge in [0.15, 0.2) is 0 Å². The summed E-state index contributed by atoms with van der Waals surface area (Å²) in [5, 5.41) is 8.64. The van der Waals surface area contributed by atoms with Crippen molar-refractivity contribution < 1.29 is 9.59 Å². The van der Waals surface area contributed by atoms with E-state index in [0.717, 1.165) is 16.8 Å². The highest BCUT2D eigenvalue weighted by Crippen LogP contribution is 2.28. The minimum absolute atomic E-state index is 0.0421. The van der Waals surface area contributed by atoms with E-state index in [0.29, 0.717) is 18.8 Å². The lowest BCUT2D eigenvalue weighted by Gasteiger charge is -2.31. The lowest BCUT2D eigenvalue weighted by molar-refractivity contribution is 0.176. The molecule has 0 saturated heterocycles. The van der Waals surface area contributed by atoms with Crippen LogP contribution in [0.3, 0.4) is 0 Å². The van der Waals surface area contributed by atoms with Crippen LogP contribution < -0.4 is 20.9 Å². The van der Waals surface area contributed by atoms with Gasteiger partial charge >= 0.3 is 12.1 Å². The van der Waals surface area contributed by atoms with Gasteiger partial charge < -0.3 is 25.8 Å². The second-order valence-corrected chi connectivity index (χ2v) is 8.04. The maximum Gasteiger partial charge on any atom is 0.319 e. The molecule has 31 heavy (non-hydrogen) atoms. The predicted octanol–water partition coefficient (Wildman–Crippen LogP) is 4.58. The van der Waals surface area contributed by atoms with Crippen molar-refractivity contribution in [2.75, 3.05) is 30.9 Å². The van der Waals surface area contributed by atoms with Gasteiger partial charge in [0.2, 0.25) is 0 Å². The van der Waals surface area contributed by atoms with Crippen molar-refractivity contribution >= 4 is 23.4 Å². The number of nitrogens with one attached hydrogen (secondary N) is 3. The molecule has 0 aliphatic rings. The number of anilines is 2. The summed E-state index contributed by atoms with van der Waals surface area (Å²) < 4.78 is 0. The summed E-state index contributed by atoms with van der Waals surface area (Å²) in [6, 6.07) is 15.3. The molecule has 1 unspecified atom stereocenters. The average molecular weight is 426 g/mol. The molecule has 3 N–H and O–H groups in total. The zero-order valence-electron chi connectivity index (χ0n) is 19.4. The first-order chi connectivity index (χ1) is 14.7. The number of hydrogen-bond acceptors (Lipinski definition) is 3. The Kier molecular flexibility index (Phi) is 8.73. The van der Waals surface area contributed by atoms with Crippen LogP contribution in [-0.4, -0.2) is 43.6 Å². The summed E-state index contributed by atoms with van der Waals surface area (Å²) in [7, 11) is 3.93. The molecule has 2 aromatic carbocycles. The maximum absolute atomic E-state index is 12.9. The summed E-state index contributed by atoms with van der Waals surface area (Å²) in [5.41, 5.74) is 3.68. The third-order valence-corrected chi connectivity index (χ3v) is 4.92. The van der Waals surface area contributed by atoms with Crippen LogP contribution in [-0.2, 0) is 6.54 Å². The standard InChI is InChI=1S/C24H35N5O2/c1-7-25-24(31)29(18(4)19-11-9-8-10-12-19)16-20-15-21(13-14-22(20)28(5)6)27-23(30)26-17(2)3/h8-15,17-18H,7,16H2,1-6H3,(H,25,31)(H2,26,27,30). The fraction of sp³-hybridized carbons (Fsp3) is 0.417. The number of nitrogens with zero attached hydrogens (tertiary/aromatic N) is 2. The summed E-state index contributed by atoms with van der Waals surface area (Å²) >= 11 is 0. The third-order valence-electron chi connectivity index (χ3n) is 4.92. The molecule has 0 aromatic heterocycles. The number of rotatable bonds is 8.